The van der Waals surface area contributed by atoms with E-state index in [1.54, 1.807) is 0 Å². The van der Waals surface area contributed by atoms with Gasteiger partial charge in [-0.05, 0) is 0 Å². The van der Waals surface area contributed by atoms with E-state index in [0.717, 1.165) is 6.54 Å². The molecule has 0 bridgehead atoms. The number of alkyl halides is 3. The standard InChI is InChI=1S/C10H17F3N2O3/c11-10(12,13)7-17-3-1-9(16)15-6-8-5-14-2-4-18-8/h8,14H,1-7H2,(H,15,16). The number of ether oxygens (including phenoxy) is 2. The van der Waals surface area contributed by atoms with Crippen molar-refractivity contribution in [3.8, 4) is 0 Å². The predicted molar refractivity (Wildman–Crippen MR) is 57.1 cm³/mol. The van der Waals surface area contributed by atoms with Crippen molar-refractivity contribution in [3.05, 3.63) is 0 Å². The van der Waals surface area contributed by atoms with Gasteiger partial charge in [-0.25, -0.2) is 0 Å². The molecule has 1 aliphatic rings. The molecule has 1 atom stereocenters. The van der Waals surface area contributed by atoms with Crippen molar-refractivity contribution in [2.75, 3.05) is 39.5 Å². The normalized spacial score (nSPS) is 20.7. The van der Waals surface area contributed by atoms with Crippen molar-refractivity contribution < 1.29 is 27.4 Å². The van der Waals surface area contributed by atoms with E-state index < -0.39 is 12.8 Å². The monoisotopic (exact) mass is 270 g/mol. The lowest BCUT2D eigenvalue weighted by Crippen LogP contribution is -2.45. The minimum atomic E-state index is -4.35. The summed E-state index contributed by atoms with van der Waals surface area (Å²) in [6.45, 7) is 0.825. The number of rotatable bonds is 6. The van der Waals surface area contributed by atoms with E-state index in [9.17, 15) is 18.0 Å². The third kappa shape index (κ3) is 7.46. The van der Waals surface area contributed by atoms with Crippen molar-refractivity contribution in [1.29, 1.82) is 0 Å². The first-order valence-electron chi connectivity index (χ1n) is 5.71. The van der Waals surface area contributed by atoms with E-state index in [0.29, 0.717) is 19.7 Å². The second kappa shape index (κ2) is 7.55. The zero-order valence-corrected chi connectivity index (χ0v) is 9.89. The van der Waals surface area contributed by atoms with Gasteiger partial charge in [0.2, 0.25) is 5.91 Å². The van der Waals surface area contributed by atoms with Gasteiger partial charge in [0.05, 0.1) is 19.3 Å². The molecule has 1 amide bonds. The first kappa shape index (κ1) is 15.2. The second-order valence-electron chi connectivity index (χ2n) is 3.92. The van der Waals surface area contributed by atoms with Crippen LogP contribution in [-0.4, -0.2) is 57.6 Å². The highest BCUT2D eigenvalue weighted by Crippen LogP contribution is 2.14. The number of morpholine rings is 1. The first-order valence-corrected chi connectivity index (χ1v) is 5.71. The molecule has 1 aliphatic heterocycles. The minimum absolute atomic E-state index is 0.0845. The van der Waals surface area contributed by atoms with Gasteiger partial charge in [-0.3, -0.25) is 4.79 Å². The molecule has 1 unspecified atom stereocenters. The molecule has 0 aromatic rings. The van der Waals surface area contributed by atoms with Crippen molar-refractivity contribution >= 4 is 5.91 Å². The Morgan fingerprint density at radius 2 is 2.28 bits per heavy atom. The molecule has 2 N–H and O–H groups in total. The third-order valence-electron chi connectivity index (χ3n) is 2.27. The number of hydrogen-bond acceptors (Lipinski definition) is 4. The molecule has 8 heteroatoms. The summed E-state index contributed by atoms with van der Waals surface area (Å²) in [5, 5.41) is 5.69. The van der Waals surface area contributed by atoms with E-state index in [2.05, 4.69) is 15.4 Å². The van der Waals surface area contributed by atoms with Gasteiger partial charge in [0, 0.05) is 26.1 Å². The quantitative estimate of drug-likeness (QED) is 0.670. The molecular formula is C10H17F3N2O3. The number of amides is 1. The van der Waals surface area contributed by atoms with Crippen LogP contribution in [0.4, 0.5) is 13.2 Å². The summed E-state index contributed by atoms with van der Waals surface area (Å²) in [6, 6.07) is 0. The molecule has 106 valence electrons. The Balaban J connectivity index is 2.00. The van der Waals surface area contributed by atoms with Crippen molar-refractivity contribution in [2.24, 2.45) is 0 Å². The summed E-state index contributed by atoms with van der Waals surface area (Å²) in [5.41, 5.74) is 0. The Morgan fingerprint density at radius 3 is 2.89 bits per heavy atom. The van der Waals surface area contributed by atoms with Crippen LogP contribution in [0.2, 0.25) is 0 Å². The van der Waals surface area contributed by atoms with Gasteiger partial charge in [-0.2, -0.15) is 13.2 Å². The van der Waals surface area contributed by atoms with Crippen LogP contribution in [0.3, 0.4) is 0 Å². The molecule has 0 saturated carbocycles. The van der Waals surface area contributed by atoms with Gasteiger partial charge in [0.1, 0.15) is 6.61 Å². The summed E-state index contributed by atoms with van der Waals surface area (Å²) in [6.07, 6.45) is -4.52. The fourth-order valence-corrected chi connectivity index (χ4v) is 1.42. The zero-order valence-electron chi connectivity index (χ0n) is 9.89. The van der Waals surface area contributed by atoms with Gasteiger partial charge in [-0.1, -0.05) is 0 Å². The van der Waals surface area contributed by atoms with Crippen LogP contribution >= 0.6 is 0 Å². The Hall–Kier alpha value is -0.860. The smallest absolute Gasteiger partial charge is 0.374 e. The number of carbonyl (C=O) groups excluding carboxylic acids is 1. The van der Waals surface area contributed by atoms with Crippen molar-refractivity contribution in [3.63, 3.8) is 0 Å². The molecule has 18 heavy (non-hydrogen) atoms. The Labute approximate surface area is 103 Å². The molecule has 1 saturated heterocycles. The summed E-state index contributed by atoms with van der Waals surface area (Å²) < 4.78 is 44.8. The highest BCUT2D eigenvalue weighted by Gasteiger charge is 2.27. The molecule has 0 spiro atoms. The zero-order chi connectivity index (χ0) is 13.4. The number of carbonyl (C=O) groups is 1. The Bertz CT molecular complexity index is 255. The molecule has 0 aromatic heterocycles. The van der Waals surface area contributed by atoms with E-state index in [1.165, 1.54) is 0 Å². The minimum Gasteiger partial charge on any atom is -0.374 e. The lowest BCUT2D eigenvalue weighted by Gasteiger charge is -2.23. The van der Waals surface area contributed by atoms with E-state index in [4.69, 9.17) is 4.74 Å². The fraction of sp³-hybridized carbons (Fsp3) is 0.900. The Kier molecular flexibility index (Phi) is 6.37. The van der Waals surface area contributed by atoms with Gasteiger partial charge in [0.15, 0.2) is 0 Å². The SMILES string of the molecule is O=C(CCOCC(F)(F)F)NCC1CNCCO1. The highest BCUT2D eigenvalue weighted by atomic mass is 19.4. The van der Waals surface area contributed by atoms with E-state index >= 15 is 0 Å². The van der Waals surface area contributed by atoms with Crippen LogP contribution in [-0.2, 0) is 14.3 Å². The molecule has 0 aromatic carbocycles. The van der Waals surface area contributed by atoms with Gasteiger partial charge < -0.3 is 20.1 Å². The van der Waals surface area contributed by atoms with Crippen LogP contribution in [0.1, 0.15) is 6.42 Å². The van der Waals surface area contributed by atoms with Crippen molar-refractivity contribution in [1.82, 2.24) is 10.6 Å². The fourth-order valence-electron chi connectivity index (χ4n) is 1.42. The maximum absolute atomic E-state index is 11.7. The van der Waals surface area contributed by atoms with Gasteiger partial charge >= 0.3 is 6.18 Å². The third-order valence-corrected chi connectivity index (χ3v) is 2.27. The predicted octanol–water partition coefficient (Wildman–Crippen LogP) is 0.0600. The van der Waals surface area contributed by atoms with E-state index in [-0.39, 0.29) is 25.0 Å². The molecule has 0 radical (unpaired) electrons. The van der Waals surface area contributed by atoms with Crippen molar-refractivity contribution in [2.45, 2.75) is 18.7 Å². The molecule has 1 fully saturated rings. The molecule has 5 nitrogen and oxygen atoms in total. The van der Waals surface area contributed by atoms with Crippen LogP contribution in [0.25, 0.3) is 0 Å². The molecule has 0 aliphatic carbocycles. The molecule has 1 heterocycles. The average molecular weight is 270 g/mol. The maximum atomic E-state index is 11.7. The second-order valence-corrected chi connectivity index (χ2v) is 3.92. The number of hydrogen-bond donors (Lipinski definition) is 2. The largest absolute Gasteiger partial charge is 0.411 e. The number of halogens is 3. The number of nitrogens with one attached hydrogen (secondary N) is 2. The average Bonchev–Trinajstić information content (AvgIpc) is 2.32. The van der Waals surface area contributed by atoms with Crippen LogP contribution < -0.4 is 10.6 Å². The summed E-state index contributed by atoms with van der Waals surface area (Å²) in [7, 11) is 0. The summed E-state index contributed by atoms with van der Waals surface area (Å²) >= 11 is 0. The summed E-state index contributed by atoms with van der Waals surface area (Å²) in [4.78, 5) is 11.3. The van der Waals surface area contributed by atoms with E-state index in [1.807, 2.05) is 0 Å². The first-order chi connectivity index (χ1) is 8.47. The summed E-state index contributed by atoms with van der Waals surface area (Å²) in [5.74, 6) is -0.341. The van der Waals surface area contributed by atoms with Crippen LogP contribution in [0.5, 0.6) is 0 Å². The molecule has 1 rings (SSSR count). The van der Waals surface area contributed by atoms with Gasteiger partial charge in [-0.15, -0.1) is 0 Å². The lowest BCUT2D eigenvalue weighted by molar-refractivity contribution is -0.174. The highest BCUT2D eigenvalue weighted by molar-refractivity contribution is 5.75. The maximum Gasteiger partial charge on any atom is 0.411 e. The topological polar surface area (TPSA) is 59.6 Å². The van der Waals surface area contributed by atoms with Crippen LogP contribution in [0, 0.1) is 0 Å². The van der Waals surface area contributed by atoms with Crippen LogP contribution in [0.15, 0.2) is 0 Å². The lowest BCUT2D eigenvalue weighted by atomic mass is 10.3. The Morgan fingerprint density at radius 1 is 1.50 bits per heavy atom. The molecular weight excluding hydrogens is 253 g/mol. The van der Waals surface area contributed by atoms with Gasteiger partial charge in [0.25, 0.3) is 0 Å².